The van der Waals surface area contributed by atoms with Gasteiger partial charge in [-0.25, -0.2) is 4.21 Å². The van der Waals surface area contributed by atoms with Crippen LogP contribution in [0, 0.1) is 11.3 Å². The Morgan fingerprint density at radius 2 is 2.24 bits per heavy atom. The third-order valence-electron chi connectivity index (χ3n) is 6.01. The Hall–Kier alpha value is -2.35. The van der Waals surface area contributed by atoms with Crippen LogP contribution in [-0.4, -0.2) is 32.0 Å². The average molecular weight is 417 g/mol. The lowest BCUT2D eigenvalue weighted by Crippen LogP contribution is -2.33. The highest BCUT2D eigenvalue weighted by Gasteiger charge is 2.33. The van der Waals surface area contributed by atoms with Crippen LogP contribution in [0.5, 0.6) is 5.75 Å². The summed E-state index contributed by atoms with van der Waals surface area (Å²) in [6.45, 7) is 5.17. The predicted molar refractivity (Wildman–Crippen MR) is 114 cm³/mol. The van der Waals surface area contributed by atoms with Gasteiger partial charge in [0.1, 0.15) is 22.1 Å². The largest absolute Gasteiger partial charge is 0.496 e. The van der Waals surface area contributed by atoms with Gasteiger partial charge in [0.15, 0.2) is 11.4 Å². The second kappa shape index (κ2) is 8.18. The molecule has 1 saturated carbocycles. The fraction of sp³-hybridized carbons (Fsp3) is 0.524. The molecule has 1 aliphatic rings. The Bertz CT molecular complexity index is 997. The molecule has 1 N–H and O–H groups in total. The molecule has 0 aliphatic heterocycles. The molecule has 2 unspecified atom stereocenters. The number of ether oxygens (including phenoxy) is 1. The summed E-state index contributed by atoms with van der Waals surface area (Å²) in [5.41, 5.74) is 1.82. The van der Waals surface area contributed by atoms with E-state index in [0.717, 1.165) is 12.0 Å². The summed E-state index contributed by atoms with van der Waals surface area (Å²) in [5, 5.41) is 9.08. The Balaban J connectivity index is 1.54. The number of hydrogen-bond acceptors (Lipinski definition) is 5. The van der Waals surface area contributed by atoms with Crippen molar-refractivity contribution in [1.82, 2.24) is 14.9 Å². The Morgan fingerprint density at radius 1 is 1.38 bits per heavy atom. The highest BCUT2D eigenvalue weighted by Crippen LogP contribution is 2.41. The molecule has 0 radical (unpaired) electrons. The molecule has 7 nitrogen and oxygen atoms in total. The third kappa shape index (κ3) is 4.32. The van der Waals surface area contributed by atoms with Crippen LogP contribution in [0.15, 0.2) is 35.1 Å². The number of nitrogens with zero attached hydrogens (tertiary/aromatic N) is 3. The van der Waals surface area contributed by atoms with Crippen LogP contribution in [0.1, 0.15) is 45.1 Å². The second-order valence-electron chi connectivity index (χ2n) is 8.45. The SMILES string of the molecule is COc1cc(Cn2cccn2)cc2onc(NS(=O)CC3CCCCC3(C)C)c12. The minimum Gasteiger partial charge on any atom is -0.496 e. The summed E-state index contributed by atoms with van der Waals surface area (Å²) in [6.07, 6.45) is 8.43. The van der Waals surface area contributed by atoms with E-state index in [-0.39, 0.29) is 5.41 Å². The lowest BCUT2D eigenvalue weighted by atomic mass is 9.70. The van der Waals surface area contributed by atoms with E-state index in [1.54, 1.807) is 13.3 Å². The standard InChI is InChI=1S/C21H28N4O3S/c1-21(2)8-5-4-7-16(21)14-29(26)24-20-19-17(27-3)11-15(12-18(19)28-23-20)13-25-10-6-9-22-25/h6,9-12,16H,4-5,7-8,13-14H2,1-3H3,(H,23,24). The van der Waals surface area contributed by atoms with Crippen LogP contribution in [-0.2, 0) is 17.5 Å². The number of anilines is 1. The Labute approximate surface area is 173 Å². The maximum Gasteiger partial charge on any atom is 0.192 e. The quantitative estimate of drug-likeness (QED) is 0.618. The number of fused-ring (bicyclic) bond motifs is 1. The van der Waals surface area contributed by atoms with Gasteiger partial charge in [-0.05, 0) is 47.9 Å². The van der Waals surface area contributed by atoms with E-state index in [1.165, 1.54) is 19.3 Å². The van der Waals surface area contributed by atoms with E-state index in [4.69, 9.17) is 9.26 Å². The fourth-order valence-corrected chi connectivity index (χ4v) is 5.62. The van der Waals surface area contributed by atoms with Gasteiger partial charge in [-0.3, -0.25) is 9.40 Å². The number of benzene rings is 1. The molecule has 3 aromatic rings. The third-order valence-corrected chi connectivity index (χ3v) is 7.14. The first-order valence-electron chi connectivity index (χ1n) is 10.0. The van der Waals surface area contributed by atoms with Crippen molar-refractivity contribution in [2.24, 2.45) is 11.3 Å². The topological polar surface area (TPSA) is 82.2 Å². The Kier molecular flexibility index (Phi) is 5.63. The van der Waals surface area contributed by atoms with Gasteiger partial charge in [0.2, 0.25) is 0 Å². The lowest BCUT2D eigenvalue weighted by Gasteiger charge is -2.38. The molecular formula is C21H28N4O3S. The van der Waals surface area contributed by atoms with Gasteiger partial charge in [-0.15, -0.1) is 0 Å². The van der Waals surface area contributed by atoms with E-state index in [9.17, 15) is 4.21 Å². The lowest BCUT2D eigenvalue weighted by molar-refractivity contribution is 0.157. The normalized spacial score (nSPS) is 19.9. The fourth-order valence-electron chi connectivity index (χ4n) is 4.20. The van der Waals surface area contributed by atoms with Crippen LogP contribution < -0.4 is 9.46 Å². The van der Waals surface area contributed by atoms with Crippen molar-refractivity contribution in [2.45, 2.75) is 46.1 Å². The van der Waals surface area contributed by atoms with Crippen molar-refractivity contribution in [3.63, 3.8) is 0 Å². The maximum absolute atomic E-state index is 12.9. The highest BCUT2D eigenvalue weighted by molar-refractivity contribution is 7.86. The van der Waals surface area contributed by atoms with Crippen molar-refractivity contribution < 1.29 is 13.5 Å². The summed E-state index contributed by atoms with van der Waals surface area (Å²) in [7, 11) is 0.382. The van der Waals surface area contributed by atoms with Crippen molar-refractivity contribution >= 4 is 27.8 Å². The van der Waals surface area contributed by atoms with Crippen molar-refractivity contribution in [3.05, 3.63) is 36.2 Å². The molecule has 1 fully saturated rings. The van der Waals surface area contributed by atoms with Gasteiger partial charge < -0.3 is 9.26 Å². The minimum absolute atomic E-state index is 0.223. The molecule has 8 heteroatoms. The van der Waals surface area contributed by atoms with Gasteiger partial charge in [-0.1, -0.05) is 31.8 Å². The van der Waals surface area contributed by atoms with Crippen molar-refractivity contribution in [1.29, 1.82) is 0 Å². The van der Waals surface area contributed by atoms with E-state index >= 15 is 0 Å². The van der Waals surface area contributed by atoms with Gasteiger partial charge in [0.05, 0.1) is 13.7 Å². The summed E-state index contributed by atoms with van der Waals surface area (Å²) in [6, 6.07) is 5.75. The van der Waals surface area contributed by atoms with Gasteiger partial charge in [-0.2, -0.15) is 5.10 Å². The zero-order valence-corrected chi connectivity index (χ0v) is 18.0. The molecule has 0 amide bonds. The zero-order chi connectivity index (χ0) is 20.4. The molecule has 4 rings (SSSR count). The highest BCUT2D eigenvalue weighted by atomic mass is 32.2. The Morgan fingerprint density at radius 3 is 2.97 bits per heavy atom. The molecule has 0 bridgehead atoms. The average Bonchev–Trinajstić information content (AvgIpc) is 3.33. The zero-order valence-electron chi connectivity index (χ0n) is 17.2. The van der Waals surface area contributed by atoms with Gasteiger partial charge >= 0.3 is 0 Å². The van der Waals surface area contributed by atoms with Crippen molar-refractivity contribution in [3.8, 4) is 5.75 Å². The second-order valence-corrected chi connectivity index (χ2v) is 9.68. The molecule has 29 heavy (non-hydrogen) atoms. The summed E-state index contributed by atoms with van der Waals surface area (Å²) in [4.78, 5) is 0. The molecule has 2 atom stereocenters. The first-order valence-corrected chi connectivity index (χ1v) is 11.4. The first-order chi connectivity index (χ1) is 14.0. The number of methoxy groups -OCH3 is 1. The number of rotatable bonds is 7. The van der Waals surface area contributed by atoms with E-state index in [1.807, 2.05) is 29.1 Å². The number of aromatic nitrogens is 3. The molecule has 156 valence electrons. The minimum atomic E-state index is -1.23. The number of nitrogens with one attached hydrogen (secondary N) is 1. The first kappa shape index (κ1) is 19.9. The molecular weight excluding hydrogens is 388 g/mol. The predicted octanol–water partition coefficient (Wildman–Crippen LogP) is 4.37. The van der Waals surface area contributed by atoms with Gasteiger partial charge in [0, 0.05) is 18.1 Å². The van der Waals surface area contributed by atoms with E-state index in [0.29, 0.717) is 40.8 Å². The van der Waals surface area contributed by atoms with Crippen molar-refractivity contribution in [2.75, 3.05) is 17.6 Å². The van der Waals surface area contributed by atoms with Crippen LogP contribution in [0.4, 0.5) is 5.82 Å². The maximum atomic E-state index is 12.9. The molecule has 1 aliphatic carbocycles. The van der Waals surface area contributed by atoms with Gasteiger partial charge in [0.25, 0.3) is 0 Å². The molecule has 2 heterocycles. The van der Waals surface area contributed by atoms with Crippen LogP contribution in [0.3, 0.4) is 0 Å². The summed E-state index contributed by atoms with van der Waals surface area (Å²) < 4.78 is 28.9. The monoisotopic (exact) mass is 416 g/mol. The van der Waals surface area contributed by atoms with E-state index < -0.39 is 11.0 Å². The van der Waals surface area contributed by atoms with Crippen LogP contribution in [0.2, 0.25) is 0 Å². The van der Waals surface area contributed by atoms with Crippen LogP contribution >= 0.6 is 0 Å². The molecule has 0 spiro atoms. The van der Waals surface area contributed by atoms with Crippen LogP contribution in [0.25, 0.3) is 11.0 Å². The molecule has 1 aromatic carbocycles. The summed E-state index contributed by atoms with van der Waals surface area (Å²) in [5.74, 6) is 2.16. The molecule has 2 aromatic heterocycles. The van der Waals surface area contributed by atoms with E-state index in [2.05, 4.69) is 28.8 Å². The smallest absolute Gasteiger partial charge is 0.192 e. The summed E-state index contributed by atoms with van der Waals surface area (Å²) >= 11 is 0. The number of hydrogen-bond donors (Lipinski definition) is 1. The molecule has 0 saturated heterocycles.